The van der Waals surface area contributed by atoms with Crippen molar-refractivity contribution in [1.29, 1.82) is 0 Å². The van der Waals surface area contributed by atoms with Gasteiger partial charge in [-0.15, -0.1) is 0 Å². The molecule has 2 heteroatoms. The molecule has 1 aromatic carbocycles. The van der Waals surface area contributed by atoms with Crippen molar-refractivity contribution in [1.82, 2.24) is 5.32 Å². The molecule has 1 rings (SSSR count). The lowest BCUT2D eigenvalue weighted by Crippen LogP contribution is -2.29. The van der Waals surface area contributed by atoms with Crippen molar-refractivity contribution in [2.75, 3.05) is 6.54 Å². The van der Waals surface area contributed by atoms with Crippen molar-refractivity contribution in [3.8, 4) is 0 Å². The van der Waals surface area contributed by atoms with Crippen molar-refractivity contribution in [3.05, 3.63) is 35.1 Å². The smallest absolute Gasteiger partial charge is 0.127 e. The van der Waals surface area contributed by atoms with Crippen LogP contribution in [-0.4, -0.2) is 6.54 Å². The van der Waals surface area contributed by atoms with Gasteiger partial charge in [0.15, 0.2) is 0 Å². The first-order valence-corrected chi connectivity index (χ1v) is 7.40. The summed E-state index contributed by atoms with van der Waals surface area (Å²) in [5, 5.41) is 3.40. The molecule has 0 saturated heterocycles. The summed E-state index contributed by atoms with van der Waals surface area (Å²) in [6.45, 7) is 10.3. The lowest BCUT2D eigenvalue weighted by molar-refractivity contribution is 0.301. The monoisotopic (exact) mass is 265 g/mol. The van der Waals surface area contributed by atoms with E-state index in [1.54, 1.807) is 6.07 Å². The number of halogens is 1. The lowest BCUT2D eigenvalue weighted by atomic mass is 9.87. The molecule has 0 bridgehead atoms. The van der Waals surface area contributed by atoms with E-state index in [1.165, 1.54) is 25.7 Å². The Morgan fingerprint density at radius 1 is 1.21 bits per heavy atom. The van der Waals surface area contributed by atoms with E-state index >= 15 is 0 Å². The summed E-state index contributed by atoms with van der Waals surface area (Å²) >= 11 is 0. The molecule has 0 amide bonds. The molecule has 1 nitrogen and oxygen atoms in total. The Bertz CT molecular complexity index is 385. The van der Waals surface area contributed by atoms with Crippen LogP contribution in [-0.2, 0) is 6.54 Å². The average Bonchev–Trinajstić information content (AvgIpc) is 2.33. The van der Waals surface area contributed by atoms with Crippen LogP contribution in [0.25, 0.3) is 0 Å². The van der Waals surface area contributed by atoms with Crippen LogP contribution in [0.15, 0.2) is 18.2 Å². The summed E-state index contributed by atoms with van der Waals surface area (Å²) in [4.78, 5) is 0. The highest BCUT2D eigenvalue weighted by atomic mass is 19.1. The van der Waals surface area contributed by atoms with E-state index in [1.807, 2.05) is 19.1 Å². The van der Waals surface area contributed by atoms with E-state index in [4.69, 9.17) is 0 Å². The standard InChI is InChI=1S/C17H28FN/c1-5-6-7-10-17(3,4)13-19-12-15-11-14(2)8-9-16(15)18/h8-9,11,19H,5-7,10,12-13H2,1-4H3. The van der Waals surface area contributed by atoms with Gasteiger partial charge in [-0.25, -0.2) is 4.39 Å². The minimum absolute atomic E-state index is 0.109. The maximum atomic E-state index is 13.6. The van der Waals surface area contributed by atoms with E-state index < -0.39 is 0 Å². The number of benzene rings is 1. The second-order valence-electron chi connectivity index (χ2n) is 6.32. The van der Waals surface area contributed by atoms with Crippen LogP contribution in [0.1, 0.15) is 57.6 Å². The Hall–Kier alpha value is -0.890. The van der Waals surface area contributed by atoms with Gasteiger partial charge in [0, 0.05) is 18.7 Å². The maximum absolute atomic E-state index is 13.6. The van der Waals surface area contributed by atoms with Gasteiger partial charge >= 0.3 is 0 Å². The number of hydrogen-bond acceptors (Lipinski definition) is 1. The van der Waals surface area contributed by atoms with Gasteiger partial charge in [-0.2, -0.15) is 0 Å². The molecule has 0 aliphatic carbocycles. The van der Waals surface area contributed by atoms with Gasteiger partial charge in [-0.3, -0.25) is 0 Å². The highest BCUT2D eigenvalue weighted by Crippen LogP contribution is 2.23. The molecule has 0 heterocycles. The van der Waals surface area contributed by atoms with Crippen LogP contribution < -0.4 is 5.32 Å². The molecule has 19 heavy (non-hydrogen) atoms. The van der Waals surface area contributed by atoms with Gasteiger partial charge in [0.1, 0.15) is 5.82 Å². The van der Waals surface area contributed by atoms with Crippen molar-refractivity contribution >= 4 is 0 Å². The summed E-state index contributed by atoms with van der Waals surface area (Å²) in [7, 11) is 0. The van der Waals surface area contributed by atoms with Crippen molar-refractivity contribution in [2.45, 2.75) is 59.9 Å². The number of aryl methyl sites for hydroxylation is 1. The third-order valence-electron chi connectivity index (χ3n) is 3.58. The molecule has 108 valence electrons. The van der Waals surface area contributed by atoms with Gasteiger partial charge in [-0.1, -0.05) is 57.7 Å². The highest BCUT2D eigenvalue weighted by molar-refractivity contribution is 5.23. The fourth-order valence-electron chi connectivity index (χ4n) is 2.32. The van der Waals surface area contributed by atoms with Crippen molar-refractivity contribution in [3.63, 3.8) is 0 Å². The zero-order valence-corrected chi connectivity index (χ0v) is 12.9. The molecule has 0 radical (unpaired) electrons. The SMILES string of the molecule is CCCCCC(C)(C)CNCc1cc(C)ccc1F. The zero-order valence-electron chi connectivity index (χ0n) is 12.9. The Balaban J connectivity index is 2.38. The van der Waals surface area contributed by atoms with E-state index in [0.29, 0.717) is 6.54 Å². The van der Waals surface area contributed by atoms with Gasteiger partial charge in [0.25, 0.3) is 0 Å². The van der Waals surface area contributed by atoms with Crippen LogP contribution >= 0.6 is 0 Å². The Labute approximate surface area is 117 Å². The first-order chi connectivity index (χ1) is 8.94. The topological polar surface area (TPSA) is 12.0 Å². The summed E-state index contributed by atoms with van der Waals surface area (Å²) in [5.41, 5.74) is 2.17. The molecular formula is C17H28FN. The van der Waals surface area contributed by atoms with E-state index in [2.05, 4.69) is 26.1 Å². The molecule has 0 spiro atoms. The largest absolute Gasteiger partial charge is 0.312 e. The molecule has 0 unspecified atom stereocenters. The Kier molecular flexibility index (Phi) is 6.50. The quantitative estimate of drug-likeness (QED) is 0.664. The number of rotatable bonds is 8. The number of hydrogen-bond donors (Lipinski definition) is 1. The predicted octanol–water partition coefficient (Wildman–Crippen LogP) is 4.83. The fourth-order valence-corrected chi connectivity index (χ4v) is 2.32. The number of unbranched alkanes of at least 4 members (excludes halogenated alkanes) is 2. The minimum Gasteiger partial charge on any atom is -0.312 e. The second-order valence-corrected chi connectivity index (χ2v) is 6.32. The van der Waals surface area contributed by atoms with Gasteiger partial charge in [0.05, 0.1) is 0 Å². The third-order valence-corrected chi connectivity index (χ3v) is 3.58. The lowest BCUT2D eigenvalue weighted by Gasteiger charge is -2.25. The normalized spacial score (nSPS) is 11.8. The summed E-state index contributed by atoms with van der Waals surface area (Å²) in [6, 6.07) is 5.29. The third kappa shape index (κ3) is 6.20. The molecule has 0 saturated carbocycles. The van der Waals surface area contributed by atoms with Gasteiger partial charge < -0.3 is 5.32 Å². The number of nitrogens with one attached hydrogen (secondary N) is 1. The second kappa shape index (κ2) is 7.64. The van der Waals surface area contributed by atoms with Crippen LogP contribution in [0.2, 0.25) is 0 Å². The molecule has 0 aliphatic heterocycles. The molecule has 0 aromatic heterocycles. The summed E-state index contributed by atoms with van der Waals surface area (Å²) < 4.78 is 13.6. The minimum atomic E-state index is -0.109. The first kappa shape index (κ1) is 16.2. The molecular weight excluding hydrogens is 237 g/mol. The maximum Gasteiger partial charge on any atom is 0.127 e. The molecule has 0 fully saturated rings. The zero-order chi connectivity index (χ0) is 14.3. The Morgan fingerprint density at radius 2 is 1.95 bits per heavy atom. The van der Waals surface area contributed by atoms with Crippen LogP contribution in [0, 0.1) is 18.2 Å². The Morgan fingerprint density at radius 3 is 2.63 bits per heavy atom. The first-order valence-electron chi connectivity index (χ1n) is 7.40. The van der Waals surface area contributed by atoms with Crippen LogP contribution in [0.5, 0.6) is 0 Å². The van der Waals surface area contributed by atoms with E-state index in [9.17, 15) is 4.39 Å². The highest BCUT2D eigenvalue weighted by Gasteiger charge is 2.16. The van der Waals surface area contributed by atoms with Crippen LogP contribution in [0.4, 0.5) is 4.39 Å². The van der Waals surface area contributed by atoms with E-state index in [-0.39, 0.29) is 11.2 Å². The van der Waals surface area contributed by atoms with Crippen molar-refractivity contribution in [2.24, 2.45) is 5.41 Å². The molecule has 1 N–H and O–H groups in total. The van der Waals surface area contributed by atoms with Gasteiger partial charge in [-0.05, 0) is 24.8 Å². The van der Waals surface area contributed by atoms with Gasteiger partial charge in [0.2, 0.25) is 0 Å². The fraction of sp³-hybridized carbons (Fsp3) is 0.647. The summed E-state index contributed by atoms with van der Waals surface area (Å²) in [6.07, 6.45) is 5.07. The molecule has 0 aliphatic rings. The van der Waals surface area contributed by atoms with E-state index in [0.717, 1.165) is 17.7 Å². The summed E-state index contributed by atoms with van der Waals surface area (Å²) in [5.74, 6) is -0.109. The predicted molar refractivity (Wildman–Crippen MR) is 80.8 cm³/mol. The van der Waals surface area contributed by atoms with Crippen molar-refractivity contribution < 1.29 is 4.39 Å². The average molecular weight is 265 g/mol. The molecule has 1 aromatic rings. The molecule has 0 atom stereocenters. The van der Waals surface area contributed by atoms with Crippen LogP contribution in [0.3, 0.4) is 0 Å².